The molecule has 3 aromatic rings. The minimum atomic E-state index is -0.680. The Labute approximate surface area is 167 Å². The highest BCUT2D eigenvalue weighted by Gasteiger charge is 2.26. The quantitative estimate of drug-likeness (QED) is 0.660. The molecule has 0 bridgehead atoms. The molecular formula is C23H20FN3O2. The van der Waals surface area contributed by atoms with Crippen LogP contribution in [0.2, 0.25) is 0 Å². The fourth-order valence-corrected chi connectivity index (χ4v) is 4.19. The van der Waals surface area contributed by atoms with E-state index in [4.69, 9.17) is 12.2 Å². The number of aromatic nitrogens is 1. The van der Waals surface area contributed by atoms with Gasteiger partial charge in [0.25, 0.3) is 11.8 Å². The van der Waals surface area contributed by atoms with E-state index in [9.17, 15) is 9.59 Å². The Hall–Kier alpha value is -3.59. The molecule has 2 amide bonds. The smallest absolute Gasteiger partial charge is 0.298 e. The summed E-state index contributed by atoms with van der Waals surface area (Å²) in [4.78, 5) is 28.6. The summed E-state index contributed by atoms with van der Waals surface area (Å²) in [6.07, 6.45) is 5.82. The lowest BCUT2D eigenvalue weighted by molar-refractivity contribution is -0.125. The highest BCUT2D eigenvalue weighted by molar-refractivity contribution is 6.11. The SMILES string of the molecule is C#CC(=O)N1CCc2c(cccc2-c2c(F)cc(C(N)=O)c3[nH]c(C)c(C)c23)C1. The number of primary amides is 1. The molecule has 0 fully saturated rings. The number of nitrogens with one attached hydrogen (secondary N) is 1. The van der Waals surface area contributed by atoms with Gasteiger partial charge in [-0.3, -0.25) is 9.59 Å². The number of nitrogens with zero attached hydrogens (tertiary/aromatic N) is 1. The van der Waals surface area contributed by atoms with E-state index >= 15 is 4.39 Å². The zero-order valence-electron chi connectivity index (χ0n) is 16.2. The van der Waals surface area contributed by atoms with Crippen LogP contribution < -0.4 is 5.73 Å². The number of nitrogens with two attached hydrogens (primary N) is 1. The largest absolute Gasteiger partial charge is 0.366 e. The number of carbonyl (C=O) groups is 2. The van der Waals surface area contributed by atoms with Crippen LogP contribution >= 0.6 is 0 Å². The van der Waals surface area contributed by atoms with Crippen LogP contribution in [0.1, 0.15) is 32.7 Å². The summed E-state index contributed by atoms with van der Waals surface area (Å²) >= 11 is 0. The highest BCUT2D eigenvalue weighted by atomic mass is 19.1. The fraction of sp³-hybridized carbons (Fsp3) is 0.217. The van der Waals surface area contributed by atoms with E-state index in [2.05, 4.69) is 10.9 Å². The van der Waals surface area contributed by atoms with E-state index in [1.165, 1.54) is 6.07 Å². The molecule has 0 saturated carbocycles. The third kappa shape index (κ3) is 2.87. The molecule has 0 spiro atoms. The number of halogens is 1. The van der Waals surface area contributed by atoms with Gasteiger partial charge in [-0.25, -0.2) is 4.39 Å². The molecular weight excluding hydrogens is 369 g/mol. The number of benzene rings is 2. The Balaban J connectivity index is 1.97. The van der Waals surface area contributed by atoms with Crippen molar-refractivity contribution in [3.63, 3.8) is 0 Å². The molecule has 146 valence electrons. The molecule has 2 heterocycles. The summed E-state index contributed by atoms with van der Waals surface area (Å²) in [6, 6.07) is 6.85. The van der Waals surface area contributed by atoms with Gasteiger partial charge >= 0.3 is 0 Å². The van der Waals surface area contributed by atoms with Crippen molar-refractivity contribution in [1.29, 1.82) is 0 Å². The lowest BCUT2D eigenvalue weighted by atomic mass is 9.87. The average Bonchev–Trinajstić information content (AvgIpc) is 3.00. The fourth-order valence-electron chi connectivity index (χ4n) is 4.19. The van der Waals surface area contributed by atoms with Gasteiger partial charge in [-0.15, -0.1) is 6.42 Å². The number of hydrogen-bond donors (Lipinski definition) is 2. The molecule has 5 nitrogen and oxygen atoms in total. The first kappa shape index (κ1) is 18.8. The standard InChI is InChI=1S/C23H20FN3O2/c1-4-19(28)27-9-8-15-14(11-27)6-5-7-16(15)21-18(24)10-17(23(25)29)22-20(21)12(2)13(3)26-22/h1,5-7,10,26H,8-9,11H2,2-3H3,(H2,25,29). The van der Waals surface area contributed by atoms with Gasteiger partial charge < -0.3 is 15.6 Å². The van der Waals surface area contributed by atoms with Gasteiger partial charge in [0.05, 0.1) is 11.1 Å². The van der Waals surface area contributed by atoms with E-state index in [-0.39, 0.29) is 11.5 Å². The van der Waals surface area contributed by atoms with Crippen molar-refractivity contribution >= 4 is 22.7 Å². The van der Waals surface area contributed by atoms with Gasteiger partial charge in [-0.1, -0.05) is 18.2 Å². The van der Waals surface area contributed by atoms with E-state index in [0.29, 0.717) is 36.0 Å². The van der Waals surface area contributed by atoms with Gasteiger partial charge in [-0.2, -0.15) is 0 Å². The molecule has 1 aliphatic heterocycles. The minimum Gasteiger partial charge on any atom is -0.366 e. The molecule has 1 aliphatic rings. The minimum absolute atomic E-state index is 0.132. The second-order valence-electron chi connectivity index (χ2n) is 7.33. The van der Waals surface area contributed by atoms with Gasteiger partial charge in [0.1, 0.15) is 5.82 Å². The van der Waals surface area contributed by atoms with Crippen LogP contribution in [0.3, 0.4) is 0 Å². The zero-order valence-corrected chi connectivity index (χ0v) is 16.2. The lowest BCUT2D eigenvalue weighted by Gasteiger charge is -2.29. The van der Waals surface area contributed by atoms with E-state index < -0.39 is 11.7 Å². The highest BCUT2D eigenvalue weighted by Crippen LogP contribution is 2.40. The van der Waals surface area contributed by atoms with Crippen molar-refractivity contribution < 1.29 is 14.0 Å². The van der Waals surface area contributed by atoms with Crippen LogP contribution in [0.4, 0.5) is 4.39 Å². The number of H-pyrrole nitrogens is 1. The van der Waals surface area contributed by atoms with Crippen molar-refractivity contribution in [1.82, 2.24) is 9.88 Å². The molecule has 0 saturated heterocycles. The van der Waals surface area contributed by atoms with Crippen molar-refractivity contribution in [2.45, 2.75) is 26.8 Å². The van der Waals surface area contributed by atoms with Crippen LogP contribution in [0.25, 0.3) is 22.0 Å². The van der Waals surface area contributed by atoms with Gasteiger partial charge in [0, 0.05) is 29.7 Å². The van der Waals surface area contributed by atoms with Gasteiger partial charge in [-0.05, 0) is 54.5 Å². The Morgan fingerprint density at radius 3 is 2.76 bits per heavy atom. The second kappa shape index (κ2) is 6.78. The Bertz CT molecular complexity index is 1230. The van der Waals surface area contributed by atoms with E-state index in [0.717, 1.165) is 27.9 Å². The van der Waals surface area contributed by atoms with Gasteiger partial charge in [0.2, 0.25) is 0 Å². The summed E-state index contributed by atoms with van der Waals surface area (Å²) in [6.45, 7) is 4.64. The summed E-state index contributed by atoms with van der Waals surface area (Å²) in [7, 11) is 0. The summed E-state index contributed by atoms with van der Waals surface area (Å²) in [5, 5.41) is 0.659. The number of terminal acetylenes is 1. The van der Waals surface area contributed by atoms with Crippen LogP contribution in [-0.2, 0) is 17.8 Å². The first-order valence-electron chi connectivity index (χ1n) is 9.31. The van der Waals surface area contributed by atoms with Gasteiger partial charge in [0.15, 0.2) is 0 Å². The lowest BCUT2D eigenvalue weighted by Crippen LogP contribution is -2.35. The van der Waals surface area contributed by atoms with Crippen molar-refractivity contribution in [2.75, 3.05) is 6.54 Å². The first-order valence-corrected chi connectivity index (χ1v) is 9.31. The van der Waals surface area contributed by atoms with Crippen molar-refractivity contribution in [2.24, 2.45) is 5.73 Å². The first-order chi connectivity index (χ1) is 13.8. The van der Waals surface area contributed by atoms with Crippen LogP contribution in [-0.4, -0.2) is 28.2 Å². The third-order valence-corrected chi connectivity index (χ3v) is 5.74. The number of aromatic amines is 1. The molecule has 2 aromatic carbocycles. The molecule has 0 atom stereocenters. The molecule has 1 aromatic heterocycles. The Morgan fingerprint density at radius 2 is 2.07 bits per heavy atom. The maximum Gasteiger partial charge on any atom is 0.298 e. The molecule has 0 aliphatic carbocycles. The second-order valence-corrected chi connectivity index (χ2v) is 7.33. The van der Waals surface area contributed by atoms with Crippen molar-refractivity contribution in [3.05, 3.63) is 58.0 Å². The molecule has 0 unspecified atom stereocenters. The Morgan fingerprint density at radius 1 is 1.31 bits per heavy atom. The van der Waals surface area contributed by atoms with Crippen molar-refractivity contribution in [3.8, 4) is 23.5 Å². The number of aryl methyl sites for hydroxylation is 2. The number of amides is 2. The monoisotopic (exact) mass is 389 g/mol. The molecule has 6 heteroatoms. The Kier molecular flexibility index (Phi) is 4.39. The zero-order chi connectivity index (χ0) is 20.9. The van der Waals surface area contributed by atoms with Crippen LogP contribution in [0.5, 0.6) is 0 Å². The molecule has 3 N–H and O–H groups in total. The summed E-state index contributed by atoms with van der Waals surface area (Å²) in [5.74, 6) is 0.625. The van der Waals surface area contributed by atoms with E-state index in [1.54, 1.807) is 4.90 Å². The maximum atomic E-state index is 15.3. The number of rotatable bonds is 2. The van der Waals surface area contributed by atoms with E-state index in [1.807, 2.05) is 32.0 Å². The number of hydrogen-bond acceptors (Lipinski definition) is 2. The number of fused-ring (bicyclic) bond motifs is 2. The van der Waals surface area contributed by atoms with Crippen LogP contribution in [0.15, 0.2) is 24.3 Å². The average molecular weight is 389 g/mol. The normalized spacial score (nSPS) is 13.2. The molecule has 0 radical (unpaired) electrons. The third-order valence-electron chi connectivity index (χ3n) is 5.74. The topological polar surface area (TPSA) is 79.2 Å². The molecule has 4 rings (SSSR count). The predicted octanol–water partition coefficient (Wildman–Crippen LogP) is 3.21. The summed E-state index contributed by atoms with van der Waals surface area (Å²) < 4.78 is 15.3. The molecule has 29 heavy (non-hydrogen) atoms. The van der Waals surface area contributed by atoms with Crippen LogP contribution in [0, 0.1) is 32.0 Å². The number of carbonyl (C=O) groups excluding carboxylic acids is 2. The predicted molar refractivity (Wildman–Crippen MR) is 110 cm³/mol. The maximum absolute atomic E-state index is 15.3. The summed E-state index contributed by atoms with van der Waals surface area (Å²) in [5.41, 5.74) is 11.0.